The normalized spacial score (nSPS) is 17.6. The first-order valence-corrected chi connectivity index (χ1v) is 6.85. The maximum absolute atomic E-state index is 11.6. The average molecular weight is 256 g/mol. The van der Waals surface area contributed by atoms with Gasteiger partial charge in [-0.15, -0.1) is 0 Å². The van der Waals surface area contributed by atoms with Gasteiger partial charge in [0.15, 0.2) is 0 Å². The summed E-state index contributed by atoms with van der Waals surface area (Å²) in [7, 11) is 0. The summed E-state index contributed by atoms with van der Waals surface area (Å²) >= 11 is 0. The summed E-state index contributed by atoms with van der Waals surface area (Å²) in [6.45, 7) is 5.41. The van der Waals surface area contributed by atoms with Crippen LogP contribution >= 0.6 is 0 Å². The van der Waals surface area contributed by atoms with Crippen LogP contribution in [0.1, 0.15) is 45.4 Å². The number of aliphatic carboxylic acids is 1. The molecule has 0 aromatic carbocycles. The summed E-state index contributed by atoms with van der Waals surface area (Å²) in [5, 5.41) is 11.5. The fraction of sp³-hybridized carbons (Fsp3) is 0.846. The standard InChI is InChI=1S/C13H24N2O3/c1-2-8-15-9-6-11(7-10-15)14-12(16)4-3-5-13(17)18/h11H,2-10H2,1H3,(H,14,16)(H,17,18). The molecule has 0 radical (unpaired) electrons. The molecule has 2 N–H and O–H groups in total. The Morgan fingerprint density at radius 2 is 1.94 bits per heavy atom. The summed E-state index contributed by atoms with van der Waals surface area (Å²) in [4.78, 5) is 24.3. The van der Waals surface area contributed by atoms with E-state index in [-0.39, 0.29) is 18.4 Å². The molecule has 0 saturated carbocycles. The molecule has 1 rings (SSSR count). The number of nitrogens with zero attached hydrogens (tertiary/aromatic N) is 1. The summed E-state index contributed by atoms with van der Waals surface area (Å²) in [6, 6.07) is 0.274. The second-order valence-electron chi connectivity index (χ2n) is 4.93. The van der Waals surface area contributed by atoms with Crippen molar-refractivity contribution in [2.45, 2.75) is 51.5 Å². The molecule has 0 atom stereocenters. The molecule has 1 aliphatic heterocycles. The third kappa shape index (κ3) is 6.00. The van der Waals surface area contributed by atoms with Crippen LogP contribution in [0.4, 0.5) is 0 Å². The van der Waals surface area contributed by atoms with Gasteiger partial charge in [0.05, 0.1) is 0 Å². The first-order valence-electron chi connectivity index (χ1n) is 6.85. The highest BCUT2D eigenvalue weighted by Gasteiger charge is 2.19. The average Bonchev–Trinajstić information content (AvgIpc) is 2.31. The van der Waals surface area contributed by atoms with Gasteiger partial charge in [0.1, 0.15) is 0 Å². The van der Waals surface area contributed by atoms with E-state index in [0.717, 1.165) is 32.5 Å². The molecular weight excluding hydrogens is 232 g/mol. The van der Waals surface area contributed by atoms with Gasteiger partial charge in [0.25, 0.3) is 0 Å². The fourth-order valence-corrected chi connectivity index (χ4v) is 2.32. The Hall–Kier alpha value is -1.10. The SMILES string of the molecule is CCCN1CCC(NC(=O)CCCC(=O)O)CC1. The van der Waals surface area contributed by atoms with E-state index >= 15 is 0 Å². The predicted molar refractivity (Wildman–Crippen MR) is 69.4 cm³/mol. The molecular formula is C13H24N2O3. The number of likely N-dealkylation sites (tertiary alicyclic amines) is 1. The number of carbonyl (C=O) groups excluding carboxylic acids is 1. The molecule has 0 spiro atoms. The Kier molecular flexibility index (Phi) is 6.72. The van der Waals surface area contributed by atoms with E-state index in [2.05, 4.69) is 17.1 Å². The zero-order chi connectivity index (χ0) is 13.4. The van der Waals surface area contributed by atoms with Gasteiger partial charge in [-0.05, 0) is 32.2 Å². The van der Waals surface area contributed by atoms with Crippen LogP contribution < -0.4 is 5.32 Å². The number of rotatable bonds is 7. The number of carboxylic acids is 1. The quantitative estimate of drug-likeness (QED) is 0.719. The molecule has 1 amide bonds. The van der Waals surface area contributed by atoms with E-state index in [1.165, 1.54) is 6.42 Å². The van der Waals surface area contributed by atoms with Gasteiger partial charge in [-0.1, -0.05) is 6.92 Å². The molecule has 5 nitrogen and oxygen atoms in total. The van der Waals surface area contributed by atoms with Crippen LogP contribution in [-0.2, 0) is 9.59 Å². The number of amides is 1. The molecule has 1 saturated heterocycles. The van der Waals surface area contributed by atoms with Gasteiger partial charge in [0.2, 0.25) is 5.91 Å². The Balaban J connectivity index is 2.12. The number of piperidine rings is 1. The zero-order valence-electron chi connectivity index (χ0n) is 11.2. The lowest BCUT2D eigenvalue weighted by atomic mass is 10.0. The van der Waals surface area contributed by atoms with Gasteiger partial charge in [0, 0.05) is 32.0 Å². The van der Waals surface area contributed by atoms with Crippen molar-refractivity contribution in [3.8, 4) is 0 Å². The van der Waals surface area contributed by atoms with Crippen LogP contribution in [0.2, 0.25) is 0 Å². The minimum absolute atomic E-state index is 0.00908. The second-order valence-corrected chi connectivity index (χ2v) is 4.93. The first-order chi connectivity index (χ1) is 8.61. The molecule has 0 aromatic rings. The van der Waals surface area contributed by atoms with E-state index in [9.17, 15) is 9.59 Å². The van der Waals surface area contributed by atoms with Crippen LogP contribution in [0.3, 0.4) is 0 Å². The Morgan fingerprint density at radius 1 is 1.28 bits per heavy atom. The van der Waals surface area contributed by atoms with Crippen LogP contribution in [-0.4, -0.2) is 47.6 Å². The van der Waals surface area contributed by atoms with Crippen molar-refractivity contribution < 1.29 is 14.7 Å². The molecule has 1 heterocycles. The number of hydrogen-bond donors (Lipinski definition) is 2. The minimum Gasteiger partial charge on any atom is -0.481 e. The number of hydrogen-bond acceptors (Lipinski definition) is 3. The van der Waals surface area contributed by atoms with Gasteiger partial charge in [-0.2, -0.15) is 0 Å². The predicted octanol–water partition coefficient (Wildman–Crippen LogP) is 1.23. The van der Waals surface area contributed by atoms with Crippen LogP contribution in [0.15, 0.2) is 0 Å². The molecule has 1 aliphatic rings. The minimum atomic E-state index is -0.837. The molecule has 0 bridgehead atoms. The molecule has 0 aliphatic carbocycles. The van der Waals surface area contributed by atoms with E-state index in [4.69, 9.17) is 5.11 Å². The maximum atomic E-state index is 11.6. The smallest absolute Gasteiger partial charge is 0.303 e. The number of nitrogens with one attached hydrogen (secondary N) is 1. The lowest BCUT2D eigenvalue weighted by molar-refractivity contribution is -0.137. The lowest BCUT2D eigenvalue weighted by Crippen LogP contribution is -2.44. The maximum Gasteiger partial charge on any atom is 0.303 e. The van der Waals surface area contributed by atoms with Crippen molar-refractivity contribution in [1.29, 1.82) is 0 Å². The van der Waals surface area contributed by atoms with E-state index in [1.54, 1.807) is 0 Å². The number of carbonyl (C=O) groups is 2. The van der Waals surface area contributed by atoms with Gasteiger partial charge in [-0.3, -0.25) is 9.59 Å². The van der Waals surface area contributed by atoms with E-state index < -0.39 is 5.97 Å². The summed E-state index contributed by atoms with van der Waals surface area (Å²) in [6.07, 6.45) is 4.00. The van der Waals surface area contributed by atoms with Crippen molar-refractivity contribution in [2.75, 3.05) is 19.6 Å². The monoisotopic (exact) mass is 256 g/mol. The molecule has 5 heteroatoms. The first kappa shape index (κ1) is 15.0. The molecule has 0 unspecified atom stereocenters. The van der Waals surface area contributed by atoms with E-state index in [1.807, 2.05) is 0 Å². The van der Waals surface area contributed by atoms with E-state index in [0.29, 0.717) is 12.8 Å². The fourth-order valence-electron chi connectivity index (χ4n) is 2.32. The van der Waals surface area contributed by atoms with Crippen molar-refractivity contribution in [1.82, 2.24) is 10.2 Å². The topological polar surface area (TPSA) is 69.6 Å². The molecule has 104 valence electrons. The molecule has 1 fully saturated rings. The summed E-state index contributed by atoms with van der Waals surface area (Å²) < 4.78 is 0. The highest BCUT2D eigenvalue weighted by molar-refractivity contribution is 5.77. The summed E-state index contributed by atoms with van der Waals surface area (Å²) in [5.74, 6) is -0.846. The highest BCUT2D eigenvalue weighted by atomic mass is 16.4. The van der Waals surface area contributed by atoms with Gasteiger partial charge in [-0.25, -0.2) is 0 Å². The van der Waals surface area contributed by atoms with Gasteiger partial charge < -0.3 is 15.3 Å². The van der Waals surface area contributed by atoms with Crippen molar-refractivity contribution in [3.05, 3.63) is 0 Å². The Labute approximate surface area is 109 Å². The lowest BCUT2D eigenvalue weighted by Gasteiger charge is -2.32. The Morgan fingerprint density at radius 3 is 2.50 bits per heavy atom. The second kappa shape index (κ2) is 8.08. The third-order valence-electron chi connectivity index (χ3n) is 3.29. The summed E-state index contributed by atoms with van der Waals surface area (Å²) in [5.41, 5.74) is 0. The highest BCUT2D eigenvalue weighted by Crippen LogP contribution is 2.11. The van der Waals surface area contributed by atoms with Crippen molar-refractivity contribution in [2.24, 2.45) is 0 Å². The molecule has 18 heavy (non-hydrogen) atoms. The van der Waals surface area contributed by atoms with Crippen LogP contribution in [0.5, 0.6) is 0 Å². The number of carboxylic acid groups (broad SMARTS) is 1. The van der Waals surface area contributed by atoms with Crippen molar-refractivity contribution >= 4 is 11.9 Å². The largest absolute Gasteiger partial charge is 0.481 e. The zero-order valence-corrected chi connectivity index (χ0v) is 11.2. The van der Waals surface area contributed by atoms with Crippen LogP contribution in [0, 0.1) is 0 Å². The van der Waals surface area contributed by atoms with Crippen molar-refractivity contribution in [3.63, 3.8) is 0 Å². The van der Waals surface area contributed by atoms with Crippen LogP contribution in [0.25, 0.3) is 0 Å². The van der Waals surface area contributed by atoms with Gasteiger partial charge >= 0.3 is 5.97 Å². The third-order valence-corrected chi connectivity index (χ3v) is 3.29. The molecule has 0 aromatic heterocycles. The Bertz CT molecular complexity index is 273.